The number of anilines is 2. The zero-order valence-corrected chi connectivity index (χ0v) is 16.9. The standard InChI is InChI=1S/C22H21N5O4/c1-2-26(18(28)14-31-17-10-8-15(12-23)9-11-17)19-20(24)27(22(30)25-21(19)29)13-16-6-4-3-5-7-16/h3-11H,2,13-14,24H2,1H3,(H,25,29,30). The van der Waals surface area contributed by atoms with E-state index >= 15 is 0 Å². The number of carbonyl (C=O) groups excluding carboxylic acids is 1. The van der Waals surface area contributed by atoms with Crippen molar-refractivity contribution in [3.05, 3.63) is 86.6 Å². The maximum Gasteiger partial charge on any atom is 0.330 e. The number of carbonyl (C=O) groups is 1. The number of benzene rings is 2. The van der Waals surface area contributed by atoms with Crippen LogP contribution in [0.1, 0.15) is 18.1 Å². The van der Waals surface area contributed by atoms with E-state index in [1.54, 1.807) is 31.2 Å². The van der Waals surface area contributed by atoms with Gasteiger partial charge in [0.25, 0.3) is 11.5 Å². The summed E-state index contributed by atoms with van der Waals surface area (Å²) in [4.78, 5) is 41.0. The molecule has 9 heteroatoms. The number of likely N-dealkylation sites (N-methyl/N-ethyl adjacent to an activating group) is 1. The molecule has 31 heavy (non-hydrogen) atoms. The fourth-order valence-corrected chi connectivity index (χ4v) is 3.07. The highest BCUT2D eigenvalue weighted by Crippen LogP contribution is 2.18. The summed E-state index contributed by atoms with van der Waals surface area (Å²) in [5, 5.41) is 8.84. The van der Waals surface area contributed by atoms with Gasteiger partial charge in [0.15, 0.2) is 12.3 Å². The van der Waals surface area contributed by atoms with Gasteiger partial charge in [0.1, 0.15) is 11.6 Å². The topological polar surface area (TPSA) is 134 Å². The summed E-state index contributed by atoms with van der Waals surface area (Å²) in [5.74, 6) is -0.209. The third-order valence-corrected chi connectivity index (χ3v) is 4.63. The highest BCUT2D eigenvalue weighted by Gasteiger charge is 2.23. The number of rotatable bonds is 7. The fourth-order valence-electron chi connectivity index (χ4n) is 3.07. The lowest BCUT2D eigenvalue weighted by Crippen LogP contribution is -2.42. The van der Waals surface area contributed by atoms with E-state index in [1.165, 1.54) is 9.47 Å². The van der Waals surface area contributed by atoms with E-state index in [2.05, 4.69) is 4.98 Å². The average molecular weight is 419 g/mol. The van der Waals surface area contributed by atoms with Crippen LogP contribution in [0.25, 0.3) is 0 Å². The Morgan fingerprint density at radius 2 is 1.84 bits per heavy atom. The van der Waals surface area contributed by atoms with Crippen molar-refractivity contribution in [3.63, 3.8) is 0 Å². The van der Waals surface area contributed by atoms with Crippen molar-refractivity contribution in [2.75, 3.05) is 23.8 Å². The molecule has 158 valence electrons. The number of nitrogens with one attached hydrogen (secondary N) is 1. The van der Waals surface area contributed by atoms with Crippen molar-refractivity contribution in [3.8, 4) is 11.8 Å². The summed E-state index contributed by atoms with van der Waals surface area (Å²) in [5.41, 5.74) is 5.93. The van der Waals surface area contributed by atoms with Crippen LogP contribution in [0.4, 0.5) is 11.5 Å². The number of nitrogens with two attached hydrogens (primary N) is 1. The van der Waals surface area contributed by atoms with E-state index in [4.69, 9.17) is 15.7 Å². The van der Waals surface area contributed by atoms with Crippen LogP contribution in [0, 0.1) is 11.3 Å². The van der Waals surface area contributed by atoms with Crippen molar-refractivity contribution in [2.24, 2.45) is 0 Å². The highest BCUT2D eigenvalue weighted by molar-refractivity contribution is 5.96. The number of nitriles is 1. The zero-order chi connectivity index (χ0) is 22.4. The average Bonchev–Trinajstić information content (AvgIpc) is 2.78. The van der Waals surface area contributed by atoms with Gasteiger partial charge in [-0.15, -0.1) is 0 Å². The molecule has 0 aliphatic rings. The first-order chi connectivity index (χ1) is 14.9. The van der Waals surface area contributed by atoms with Crippen LogP contribution in [0.15, 0.2) is 64.2 Å². The van der Waals surface area contributed by atoms with E-state index in [0.717, 1.165) is 5.56 Å². The molecule has 0 spiro atoms. The monoisotopic (exact) mass is 419 g/mol. The van der Waals surface area contributed by atoms with E-state index in [0.29, 0.717) is 11.3 Å². The second-order valence-corrected chi connectivity index (χ2v) is 6.63. The molecule has 0 fully saturated rings. The number of hydrogen-bond acceptors (Lipinski definition) is 6. The third kappa shape index (κ3) is 4.82. The van der Waals surface area contributed by atoms with Gasteiger partial charge in [-0.25, -0.2) is 4.79 Å². The first kappa shape index (κ1) is 21.4. The number of H-pyrrole nitrogens is 1. The van der Waals surface area contributed by atoms with Gasteiger partial charge in [-0.3, -0.25) is 19.1 Å². The third-order valence-electron chi connectivity index (χ3n) is 4.63. The molecule has 0 aliphatic carbocycles. The molecule has 0 saturated carbocycles. The predicted octanol–water partition coefficient (Wildman–Crippen LogP) is 1.47. The first-order valence-corrected chi connectivity index (χ1v) is 9.54. The second-order valence-electron chi connectivity index (χ2n) is 6.63. The number of ether oxygens (including phenoxy) is 1. The van der Waals surface area contributed by atoms with E-state index in [-0.39, 0.29) is 31.2 Å². The Morgan fingerprint density at radius 3 is 2.45 bits per heavy atom. The first-order valence-electron chi connectivity index (χ1n) is 9.54. The van der Waals surface area contributed by atoms with Crippen LogP contribution in [-0.4, -0.2) is 28.6 Å². The Labute approximate surface area is 177 Å². The molecule has 0 bridgehead atoms. The van der Waals surface area contributed by atoms with Gasteiger partial charge in [0.2, 0.25) is 0 Å². The Balaban J connectivity index is 1.86. The van der Waals surface area contributed by atoms with Gasteiger partial charge < -0.3 is 15.4 Å². The molecule has 9 nitrogen and oxygen atoms in total. The molecule has 1 heterocycles. The molecule has 0 aliphatic heterocycles. The molecular weight excluding hydrogens is 398 g/mol. The Morgan fingerprint density at radius 1 is 1.16 bits per heavy atom. The van der Waals surface area contributed by atoms with Gasteiger partial charge >= 0.3 is 5.69 Å². The minimum absolute atomic E-state index is 0.105. The largest absolute Gasteiger partial charge is 0.484 e. The molecule has 0 atom stereocenters. The molecule has 3 aromatic rings. The van der Waals surface area contributed by atoms with Crippen molar-refractivity contribution < 1.29 is 9.53 Å². The highest BCUT2D eigenvalue weighted by atomic mass is 16.5. The molecule has 0 saturated heterocycles. The van der Waals surface area contributed by atoms with Gasteiger partial charge in [-0.05, 0) is 36.8 Å². The molecular formula is C22H21N5O4. The number of aromatic nitrogens is 2. The number of amides is 1. The maximum atomic E-state index is 12.8. The van der Waals surface area contributed by atoms with Crippen molar-refractivity contribution in [1.82, 2.24) is 9.55 Å². The van der Waals surface area contributed by atoms with Gasteiger partial charge in [-0.2, -0.15) is 5.26 Å². The van der Waals surface area contributed by atoms with Crippen molar-refractivity contribution in [1.29, 1.82) is 5.26 Å². The van der Waals surface area contributed by atoms with E-state index in [9.17, 15) is 14.4 Å². The number of nitrogens with zero attached hydrogens (tertiary/aromatic N) is 3. The fraction of sp³-hybridized carbons (Fsp3) is 0.182. The number of aromatic amines is 1. The van der Waals surface area contributed by atoms with Crippen LogP contribution < -0.4 is 26.6 Å². The predicted molar refractivity (Wildman–Crippen MR) is 116 cm³/mol. The van der Waals surface area contributed by atoms with Crippen LogP contribution >= 0.6 is 0 Å². The maximum absolute atomic E-state index is 12.8. The molecule has 3 rings (SSSR count). The minimum Gasteiger partial charge on any atom is -0.484 e. The number of hydrogen-bond donors (Lipinski definition) is 2. The van der Waals surface area contributed by atoms with Gasteiger partial charge in [0.05, 0.1) is 18.2 Å². The molecule has 0 radical (unpaired) electrons. The van der Waals surface area contributed by atoms with Crippen LogP contribution in [0.3, 0.4) is 0 Å². The smallest absolute Gasteiger partial charge is 0.330 e. The van der Waals surface area contributed by atoms with Gasteiger partial charge in [-0.1, -0.05) is 30.3 Å². The van der Waals surface area contributed by atoms with Crippen LogP contribution in [0.2, 0.25) is 0 Å². The van der Waals surface area contributed by atoms with Crippen LogP contribution in [0.5, 0.6) is 5.75 Å². The van der Waals surface area contributed by atoms with E-state index in [1.807, 2.05) is 36.4 Å². The van der Waals surface area contributed by atoms with Crippen LogP contribution in [-0.2, 0) is 11.3 Å². The summed E-state index contributed by atoms with van der Waals surface area (Å²) in [6, 6.07) is 17.4. The summed E-state index contributed by atoms with van der Waals surface area (Å²) in [7, 11) is 0. The Kier molecular flexibility index (Phi) is 6.52. The molecule has 2 aromatic carbocycles. The normalized spacial score (nSPS) is 10.3. The number of nitrogen functional groups attached to an aromatic ring is 1. The summed E-state index contributed by atoms with van der Waals surface area (Å²) in [6.07, 6.45) is 0. The molecule has 0 unspecified atom stereocenters. The lowest BCUT2D eigenvalue weighted by Gasteiger charge is -2.23. The zero-order valence-electron chi connectivity index (χ0n) is 16.9. The lowest BCUT2D eigenvalue weighted by molar-refractivity contribution is -0.120. The quantitative estimate of drug-likeness (QED) is 0.596. The minimum atomic E-state index is -0.750. The Bertz CT molecular complexity index is 1220. The van der Waals surface area contributed by atoms with E-state index < -0.39 is 17.2 Å². The second kappa shape index (κ2) is 9.45. The van der Waals surface area contributed by atoms with Crippen molar-refractivity contribution in [2.45, 2.75) is 13.5 Å². The Hall–Kier alpha value is -4.32. The molecule has 3 N–H and O–H groups in total. The lowest BCUT2D eigenvalue weighted by atomic mass is 10.2. The summed E-state index contributed by atoms with van der Waals surface area (Å²) >= 11 is 0. The van der Waals surface area contributed by atoms with Gasteiger partial charge in [0, 0.05) is 6.54 Å². The summed E-state index contributed by atoms with van der Waals surface area (Å²) < 4.78 is 6.69. The van der Waals surface area contributed by atoms with Crippen molar-refractivity contribution >= 4 is 17.4 Å². The SMILES string of the molecule is CCN(C(=O)COc1ccc(C#N)cc1)c1c(N)n(Cc2ccccc2)c(=O)[nH]c1=O. The molecule has 1 amide bonds. The summed E-state index contributed by atoms with van der Waals surface area (Å²) in [6.45, 7) is 1.62. The molecule has 1 aromatic heterocycles.